The molecule has 0 atom stereocenters. The van der Waals surface area contributed by atoms with E-state index < -0.39 is 0 Å². The highest BCUT2D eigenvalue weighted by molar-refractivity contribution is 5.78. The Hall–Kier alpha value is -5.28. The Morgan fingerprint density at radius 2 is 0.632 bits per heavy atom. The Balaban J connectivity index is 1.35. The van der Waals surface area contributed by atoms with Crippen LogP contribution >= 0.6 is 0 Å². The van der Waals surface area contributed by atoms with Crippen molar-refractivity contribution in [3.8, 4) is 22.6 Å². The van der Waals surface area contributed by atoms with E-state index in [0.29, 0.717) is 11.5 Å². The molecule has 6 aromatic rings. The summed E-state index contributed by atoms with van der Waals surface area (Å²) in [6, 6.07) is 45.9. The third kappa shape index (κ3) is 9.48. The lowest BCUT2D eigenvalue weighted by atomic mass is 9.78. The third-order valence-corrected chi connectivity index (χ3v) is 11.0. The predicted molar refractivity (Wildman–Crippen MR) is 243 cm³/mol. The molecule has 296 valence electrons. The number of benzene rings is 6. The number of anilines is 3. The van der Waals surface area contributed by atoms with Crippen molar-refractivity contribution in [2.24, 2.45) is 0 Å². The first kappa shape index (κ1) is 41.4. The van der Waals surface area contributed by atoms with Crippen LogP contribution in [0, 0.1) is 0 Å². The third-order valence-electron chi connectivity index (χ3n) is 11.0. The van der Waals surface area contributed by atoms with Crippen LogP contribution in [0.25, 0.3) is 11.1 Å². The van der Waals surface area contributed by atoms with Gasteiger partial charge in [-0.1, -0.05) is 174 Å². The highest BCUT2D eigenvalue weighted by Crippen LogP contribution is 2.42. The van der Waals surface area contributed by atoms with E-state index >= 15 is 0 Å². The van der Waals surface area contributed by atoms with Gasteiger partial charge in [0.25, 0.3) is 0 Å². The molecule has 0 aliphatic heterocycles. The summed E-state index contributed by atoms with van der Waals surface area (Å²) in [5.74, 6) is 0.836. The van der Waals surface area contributed by atoms with Gasteiger partial charge in [-0.05, 0) is 127 Å². The first-order chi connectivity index (χ1) is 26.6. The normalized spacial score (nSPS) is 12.5. The highest BCUT2D eigenvalue weighted by atomic mass is 16.3. The van der Waals surface area contributed by atoms with Gasteiger partial charge in [-0.15, -0.1) is 0 Å². The summed E-state index contributed by atoms with van der Waals surface area (Å²) in [7, 11) is 0. The van der Waals surface area contributed by atoms with Gasteiger partial charge in [0.15, 0.2) is 0 Å². The van der Waals surface area contributed by atoms with Crippen molar-refractivity contribution in [1.82, 2.24) is 0 Å². The zero-order valence-electron chi connectivity index (χ0n) is 36.4. The van der Waals surface area contributed by atoms with Crippen molar-refractivity contribution in [2.75, 3.05) is 4.90 Å². The molecule has 0 saturated carbocycles. The summed E-state index contributed by atoms with van der Waals surface area (Å²) in [4.78, 5) is 2.33. The fourth-order valence-corrected chi connectivity index (χ4v) is 7.76. The molecule has 0 fully saturated rings. The average Bonchev–Trinajstić information content (AvgIpc) is 3.13. The molecule has 3 heteroatoms. The second-order valence-electron chi connectivity index (χ2n) is 20.0. The van der Waals surface area contributed by atoms with Gasteiger partial charge < -0.3 is 15.1 Å². The number of aromatic hydroxyl groups is 2. The lowest BCUT2D eigenvalue weighted by molar-refractivity contribution is 0.422. The van der Waals surface area contributed by atoms with Crippen LogP contribution in [0.15, 0.2) is 127 Å². The van der Waals surface area contributed by atoms with Crippen LogP contribution in [0.3, 0.4) is 0 Å². The van der Waals surface area contributed by atoms with Crippen molar-refractivity contribution < 1.29 is 10.2 Å². The number of hydrogen-bond donors (Lipinski definition) is 2. The summed E-state index contributed by atoms with van der Waals surface area (Å²) >= 11 is 0. The molecule has 0 aliphatic rings. The molecule has 0 unspecified atom stereocenters. The van der Waals surface area contributed by atoms with Crippen molar-refractivity contribution in [3.63, 3.8) is 0 Å². The summed E-state index contributed by atoms with van der Waals surface area (Å²) < 4.78 is 0. The molecule has 3 nitrogen and oxygen atoms in total. The number of phenolic OH excluding ortho intramolecular Hbond substituents is 2. The second kappa shape index (κ2) is 15.6. The van der Waals surface area contributed by atoms with Crippen LogP contribution in [0.5, 0.6) is 11.5 Å². The quantitative estimate of drug-likeness (QED) is 0.162. The van der Waals surface area contributed by atoms with Crippen molar-refractivity contribution >= 4 is 17.1 Å². The standard InChI is InChI=1S/C54H63NO2/c1-51(2,3)45-32-38(33-46(49(45)56)52(4,5)6)30-36-18-24-42(25-19-36)55(44-28-22-41(23-29-44)40-16-14-13-15-17-40)43-26-20-37(21-27-43)31-39-34-47(53(7,8)9)50(57)48(35-39)54(10,11)12/h13-29,32-35,56-57H,30-31H2,1-12H3. The minimum atomic E-state index is -0.176. The fraction of sp³-hybridized carbons (Fsp3) is 0.333. The Morgan fingerprint density at radius 3 is 0.930 bits per heavy atom. The maximum Gasteiger partial charge on any atom is 0.123 e. The molecule has 0 amide bonds. The molecule has 0 aromatic heterocycles. The zero-order chi connectivity index (χ0) is 41.5. The first-order valence-electron chi connectivity index (χ1n) is 20.5. The van der Waals surface area contributed by atoms with Gasteiger partial charge in [-0.25, -0.2) is 0 Å². The van der Waals surface area contributed by atoms with E-state index in [1.807, 2.05) is 0 Å². The summed E-state index contributed by atoms with van der Waals surface area (Å²) in [5.41, 5.74) is 13.7. The molecular formula is C54H63NO2. The molecule has 6 aromatic carbocycles. The molecule has 0 saturated heterocycles. The van der Waals surface area contributed by atoms with Gasteiger partial charge in [-0.3, -0.25) is 0 Å². The summed E-state index contributed by atoms with van der Waals surface area (Å²) in [5, 5.41) is 22.6. The van der Waals surface area contributed by atoms with E-state index in [9.17, 15) is 10.2 Å². The molecule has 0 heterocycles. The molecule has 0 aliphatic carbocycles. The maximum atomic E-state index is 11.3. The van der Waals surface area contributed by atoms with Crippen LogP contribution in [0.1, 0.15) is 128 Å². The number of phenols is 2. The Labute approximate surface area is 343 Å². The van der Waals surface area contributed by atoms with Crippen LogP contribution in [-0.2, 0) is 34.5 Å². The van der Waals surface area contributed by atoms with Gasteiger partial charge in [0.2, 0.25) is 0 Å². The molecule has 0 bridgehead atoms. The van der Waals surface area contributed by atoms with E-state index in [1.165, 1.54) is 33.4 Å². The number of nitrogens with zero attached hydrogens (tertiary/aromatic N) is 1. The number of hydrogen-bond acceptors (Lipinski definition) is 3. The SMILES string of the molecule is CC(C)(C)c1cc(Cc2ccc(N(c3ccc(Cc4cc(C(C)(C)C)c(O)c(C(C)(C)C)c4)cc3)c3ccc(-c4ccccc4)cc3)cc2)cc(C(C)(C)C)c1O. The Morgan fingerprint density at radius 1 is 0.351 bits per heavy atom. The van der Waals surface area contributed by atoms with Gasteiger partial charge >= 0.3 is 0 Å². The molecule has 6 rings (SSSR count). The van der Waals surface area contributed by atoms with Gasteiger partial charge in [0.05, 0.1) is 0 Å². The minimum absolute atomic E-state index is 0.176. The minimum Gasteiger partial charge on any atom is -0.507 e. The lowest BCUT2D eigenvalue weighted by Crippen LogP contribution is -2.18. The second-order valence-corrected chi connectivity index (χ2v) is 20.0. The molecular weight excluding hydrogens is 695 g/mol. The Bertz CT molecular complexity index is 2110. The highest BCUT2D eigenvalue weighted by Gasteiger charge is 2.28. The van der Waals surface area contributed by atoms with Crippen LogP contribution in [-0.4, -0.2) is 10.2 Å². The molecule has 0 radical (unpaired) electrons. The number of rotatable bonds is 8. The van der Waals surface area contributed by atoms with E-state index in [1.54, 1.807) is 0 Å². The van der Waals surface area contributed by atoms with Crippen LogP contribution in [0.4, 0.5) is 17.1 Å². The van der Waals surface area contributed by atoms with Crippen LogP contribution in [0.2, 0.25) is 0 Å². The van der Waals surface area contributed by atoms with Crippen molar-refractivity contribution in [1.29, 1.82) is 0 Å². The molecule has 57 heavy (non-hydrogen) atoms. The average molecular weight is 758 g/mol. The monoisotopic (exact) mass is 757 g/mol. The largest absolute Gasteiger partial charge is 0.507 e. The predicted octanol–water partition coefficient (Wildman–Crippen LogP) is 14.6. The first-order valence-corrected chi connectivity index (χ1v) is 20.5. The summed E-state index contributed by atoms with van der Waals surface area (Å²) in [6.45, 7) is 26.0. The molecule has 0 spiro atoms. The zero-order valence-corrected chi connectivity index (χ0v) is 36.4. The maximum absolute atomic E-state index is 11.3. The Kier molecular flexibility index (Phi) is 11.3. The van der Waals surface area contributed by atoms with E-state index in [2.05, 4.69) is 215 Å². The fourth-order valence-electron chi connectivity index (χ4n) is 7.76. The van der Waals surface area contributed by atoms with Crippen molar-refractivity contribution in [2.45, 2.75) is 118 Å². The van der Waals surface area contributed by atoms with Gasteiger partial charge in [-0.2, -0.15) is 0 Å². The van der Waals surface area contributed by atoms with E-state index in [0.717, 1.165) is 52.2 Å². The summed E-state index contributed by atoms with van der Waals surface area (Å²) in [6.07, 6.45) is 1.55. The lowest BCUT2D eigenvalue weighted by Gasteiger charge is -2.28. The van der Waals surface area contributed by atoms with E-state index in [-0.39, 0.29) is 21.7 Å². The van der Waals surface area contributed by atoms with E-state index in [4.69, 9.17) is 0 Å². The topological polar surface area (TPSA) is 43.7 Å². The van der Waals surface area contributed by atoms with Gasteiger partial charge in [0.1, 0.15) is 11.5 Å². The van der Waals surface area contributed by atoms with Gasteiger partial charge in [0, 0.05) is 17.1 Å². The molecule has 2 N–H and O–H groups in total. The van der Waals surface area contributed by atoms with Crippen molar-refractivity contribution in [3.05, 3.63) is 172 Å². The van der Waals surface area contributed by atoms with Crippen LogP contribution < -0.4 is 4.90 Å². The smallest absolute Gasteiger partial charge is 0.123 e.